The van der Waals surface area contributed by atoms with E-state index in [0.717, 1.165) is 36.8 Å². The Morgan fingerprint density at radius 2 is 0.929 bits per heavy atom. The van der Waals surface area contributed by atoms with E-state index in [2.05, 4.69) is 36.9 Å². The van der Waals surface area contributed by atoms with E-state index in [1.165, 1.54) is 0 Å². The van der Waals surface area contributed by atoms with E-state index >= 15 is 0 Å². The highest BCUT2D eigenvalue weighted by atomic mass is 31.2. The largest absolute Gasteiger partial charge is 0.352 e. The molecule has 0 bridgehead atoms. The van der Waals surface area contributed by atoms with Crippen molar-refractivity contribution >= 4 is 15.2 Å². The predicted molar refractivity (Wildman–Crippen MR) is 170 cm³/mol. The van der Waals surface area contributed by atoms with Crippen molar-refractivity contribution in [1.82, 2.24) is 10.6 Å². The maximum atomic E-state index is 14.3. The van der Waals surface area contributed by atoms with Crippen LogP contribution in [0.25, 0.3) is 0 Å². The molecule has 0 aromatic heterocycles. The van der Waals surface area contributed by atoms with Crippen LogP contribution in [-0.2, 0) is 27.2 Å². The topological polar surface area (TPSA) is 95.1 Å². The van der Waals surface area contributed by atoms with Crippen LogP contribution in [0.1, 0.15) is 48.4 Å². The van der Waals surface area contributed by atoms with Crippen LogP contribution in [0.5, 0.6) is 0 Å². The molecular weight excluding hydrogens is 570 g/mol. The fourth-order valence-electron chi connectivity index (χ4n) is 4.95. The highest BCUT2D eigenvalue weighted by Gasteiger charge is 2.43. The zero-order valence-corrected chi connectivity index (χ0v) is 26.0. The van der Waals surface area contributed by atoms with Gasteiger partial charge in [0, 0.05) is 12.1 Å². The fourth-order valence-corrected chi connectivity index (χ4v) is 8.77. The van der Waals surface area contributed by atoms with Crippen LogP contribution in [-0.4, -0.2) is 38.5 Å². The van der Waals surface area contributed by atoms with Gasteiger partial charge in [-0.2, -0.15) is 0 Å². The lowest BCUT2D eigenvalue weighted by Gasteiger charge is -2.40. The summed E-state index contributed by atoms with van der Waals surface area (Å²) in [5.74, 6) is -1.52. The summed E-state index contributed by atoms with van der Waals surface area (Å²) in [6.45, 7) is 15.1. The first-order valence-corrected chi connectivity index (χ1v) is 17.5. The normalized spacial score (nSPS) is 19.0. The molecule has 228 valence electrons. The number of nitrogens with one attached hydrogen (secondary N) is 2. The summed E-state index contributed by atoms with van der Waals surface area (Å²) in [6, 6.07) is 18.6. The second-order valence-corrected chi connectivity index (χ2v) is 14.1. The Morgan fingerprint density at radius 1 is 0.619 bits per heavy atom. The quantitative estimate of drug-likeness (QED) is 0.114. The molecular formula is C32H44N2O6P2. The Labute approximate surface area is 251 Å². The molecule has 0 heterocycles. The third-order valence-electron chi connectivity index (χ3n) is 6.86. The van der Waals surface area contributed by atoms with Crippen molar-refractivity contribution in [2.45, 2.75) is 49.3 Å². The van der Waals surface area contributed by atoms with Crippen LogP contribution in [0, 0.1) is 0 Å². The molecule has 4 atom stereocenters. The zero-order chi connectivity index (χ0) is 30.3. The molecule has 2 aromatic carbocycles. The summed E-state index contributed by atoms with van der Waals surface area (Å²) >= 11 is 0. The van der Waals surface area contributed by atoms with E-state index in [9.17, 15) is 9.13 Å². The first kappa shape index (κ1) is 34.1. The molecule has 1 aliphatic carbocycles. The van der Waals surface area contributed by atoms with Crippen molar-refractivity contribution in [3.8, 4) is 0 Å². The van der Waals surface area contributed by atoms with Crippen molar-refractivity contribution in [3.63, 3.8) is 0 Å². The monoisotopic (exact) mass is 614 g/mol. The first-order chi connectivity index (χ1) is 20.4. The average Bonchev–Trinajstić information content (AvgIpc) is 3.03. The molecule has 0 aliphatic heterocycles. The summed E-state index contributed by atoms with van der Waals surface area (Å²) in [5, 5.41) is 7.25. The Balaban J connectivity index is 2.00. The maximum Gasteiger partial charge on any atom is 0.352 e. The van der Waals surface area contributed by atoms with Gasteiger partial charge in [-0.1, -0.05) is 97.8 Å². The smallest absolute Gasteiger partial charge is 0.303 e. The lowest BCUT2D eigenvalue weighted by molar-refractivity contribution is 0.198. The van der Waals surface area contributed by atoms with E-state index in [4.69, 9.17) is 18.1 Å². The molecule has 1 aliphatic rings. The van der Waals surface area contributed by atoms with Crippen LogP contribution in [0.2, 0.25) is 0 Å². The fraction of sp³-hybridized carbons (Fsp3) is 0.375. The molecule has 2 aromatic rings. The standard InChI is InChI=1S/C32H44N2O6P2/c1-5-23-37-41(35,38-24-6-2)31(27-17-11-9-12-18-27)33-29-21-15-16-22-30(29)34-32(28-19-13-10-14-20-28)42(36,39-25-7-3)40-26-8-4/h5-14,17-20,29-34H,1-4,15-16,21-26H2/t29-,30-,31+,32+/m1/s1. The predicted octanol–water partition coefficient (Wildman–Crippen LogP) is 8.07. The second kappa shape index (κ2) is 17.7. The van der Waals surface area contributed by atoms with Gasteiger partial charge in [-0.3, -0.25) is 19.8 Å². The highest BCUT2D eigenvalue weighted by Crippen LogP contribution is 2.61. The summed E-state index contributed by atoms with van der Waals surface area (Å²) in [7, 11) is -7.48. The zero-order valence-electron chi connectivity index (χ0n) is 24.2. The van der Waals surface area contributed by atoms with Crippen LogP contribution in [0.3, 0.4) is 0 Å². The number of hydrogen-bond donors (Lipinski definition) is 2. The van der Waals surface area contributed by atoms with Gasteiger partial charge in [-0.05, 0) is 24.0 Å². The first-order valence-electron chi connectivity index (χ1n) is 14.2. The molecule has 2 N–H and O–H groups in total. The van der Waals surface area contributed by atoms with Gasteiger partial charge in [0.05, 0.1) is 26.4 Å². The lowest BCUT2D eigenvalue weighted by atomic mass is 9.90. The second-order valence-electron chi connectivity index (χ2n) is 9.87. The van der Waals surface area contributed by atoms with Crippen molar-refractivity contribution in [1.29, 1.82) is 0 Å². The van der Waals surface area contributed by atoms with Gasteiger partial charge in [0.15, 0.2) is 0 Å². The molecule has 1 fully saturated rings. The lowest BCUT2D eigenvalue weighted by Crippen LogP contribution is -2.51. The number of rotatable bonds is 20. The molecule has 0 saturated heterocycles. The minimum absolute atomic E-state index is 0.0618. The minimum Gasteiger partial charge on any atom is -0.303 e. The molecule has 0 spiro atoms. The number of benzene rings is 2. The molecule has 42 heavy (non-hydrogen) atoms. The summed E-state index contributed by atoms with van der Waals surface area (Å²) in [5.41, 5.74) is 1.54. The molecule has 8 nitrogen and oxygen atoms in total. The van der Waals surface area contributed by atoms with Gasteiger partial charge in [-0.25, -0.2) is 0 Å². The van der Waals surface area contributed by atoms with Gasteiger partial charge in [-0.15, -0.1) is 26.3 Å². The molecule has 0 radical (unpaired) electrons. The Kier molecular flexibility index (Phi) is 14.4. The molecule has 1 saturated carbocycles. The summed E-state index contributed by atoms with van der Waals surface area (Å²) in [6.07, 6.45) is 9.70. The molecule has 0 unspecified atom stereocenters. The van der Waals surface area contributed by atoms with Gasteiger partial charge in [0.25, 0.3) is 0 Å². The SMILES string of the molecule is C=CCOP(=O)(OCC=C)[C@H](N[C@@H]1CCCC[C@H]1N[C@H](c1ccccc1)P(=O)(OCC=C)OCC=C)c1ccccc1. The van der Waals surface area contributed by atoms with E-state index in [1.807, 2.05) is 60.7 Å². The summed E-state index contributed by atoms with van der Waals surface area (Å²) < 4.78 is 52.0. The van der Waals surface area contributed by atoms with Gasteiger partial charge < -0.3 is 18.1 Å². The molecule has 10 heteroatoms. The van der Waals surface area contributed by atoms with E-state index < -0.39 is 26.8 Å². The highest BCUT2D eigenvalue weighted by molar-refractivity contribution is 7.54. The maximum absolute atomic E-state index is 14.3. The Hall–Kier alpha value is -2.38. The molecule has 3 rings (SSSR count). The average molecular weight is 615 g/mol. The minimum atomic E-state index is -3.74. The van der Waals surface area contributed by atoms with Crippen LogP contribution in [0.15, 0.2) is 111 Å². The van der Waals surface area contributed by atoms with Crippen LogP contribution >= 0.6 is 15.2 Å². The van der Waals surface area contributed by atoms with Crippen LogP contribution in [0.4, 0.5) is 0 Å². The van der Waals surface area contributed by atoms with Gasteiger partial charge in [0.2, 0.25) is 0 Å². The molecule has 0 amide bonds. The number of hydrogen-bond acceptors (Lipinski definition) is 8. The van der Waals surface area contributed by atoms with Crippen molar-refractivity contribution in [2.24, 2.45) is 0 Å². The van der Waals surface area contributed by atoms with Gasteiger partial charge >= 0.3 is 15.2 Å². The van der Waals surface area contributed by atoms with Crippen LogP contribution < -0.4 is 10.6 Å². The van der Waals surface area contributed by atoms with E-state index in [1.54, 1.807) is 24.3 Å². The third-order valence-corrected chi connectivity index (χ3v) is 11.1. The third kappa shape index (κ3) is 9.57. The Morgan fingerprint density at radius 3 is 1.21 bits per heavy atom. The Bertz CT molecular complexity index is 1100. The van der Waals surface area contributed by atoms with E-state index in [-0.39, 0.29) is 38.5 Å². The van der Waals surface area contributed by atoms with Crippen molar-refractivity contribution in [2.75, 3.05) is 26.4 Å². The van der Waals surface area contributed by atoms with E-state index in [0.29, 0.717) is 0 Å². The van der Waals surface area contributed by atoms with Crippen molar-refractivity contribution in [3.05, 3.63) is 122 Å². The van der Waals surface area contributed by atoms with Gasteiger partial charge in [0.1, 0.15) is 11.6 Å². The summed E-state index contributed by atoms with van der Waals surface area (Å²) in [4.78, 5) is 0. The van der Waals surface area contributed by atoms with Crippen molar-refractivity contribution < 1.29 is 27.2 Å².